The normalized spacial score (nSPS) is 12.5. The Morgan fingerprint density at radius 2 is 1.54 bits per heavy atom. The Bertz CT molecular complexity index is 1340. The number of carbonyl (C=O) groups is 1. The average Bonchev–Trinajstić information content (AvgIpc) is 3.21. The van der Waals surface area contributed by atoms with Crippen molar-refractivity contribution in [3.8, 4) is 11.5 Å². The van der Waals surface area contributed by atoms with Gasteiger partial charge >= 0.3 is 0 Å². The van der Waals surface area contributed by atoms with Gasteiger partial charge < -0.3 is 14.0 Å². The molecular weight excluding hydrogens is 486 g/mol. The van der Waals surface area contributed by atoms with Crippen LogP contribution in [0, 0.1) is 0 Å². The van der Waals surface area contributed by atoms with Gasteiger partial charge in [-0.05, 0) is 55.7 Å². The first-order chi connectivity index (χ1) is 16.8. The number of aromatic nitrogens is 1. The van der Waals surface area contributed by atoms with Crippen LogP contribution in [0.15, 0.2) is 46.3 Å². The Balaban J connectivity index is 2.03. The fraction of sp³-hybridized carbons (Fsp3) is 0.440. The van der Waals surface area contributed by atoms with Crippen LogP contribution in [0.4, 0.5) is 0 Å². The summed E-state index contributed by atoms with van der Waals surface area (Å²) >= 11 is 1.36. The van der Waals surface area contributed by atoms with E-state index in [1.165, 1.54) is 39.9 Å². The lowest BCUT2D eigenvalue weighted by molar-refractivity contribution is 0.0997. The summed E-state index contributed by atoms with van der Waals surface area (Å²) in [6, 6.07) is 9.67. The third-order valence-corrected chi connectivity index (χ3v) is 8.53. The van der Waals surface area contributed by atoms with Gasteiger partial charge in [-0.1, -0.05) is 32.1 Å². The van der Waals surface area contributed by atoms with Crippen molar-refractivity contribution in [2.24, 2.45) is 4.99 Å². The van der Waals surface area contributed by atoms with Gasteiger partial charge in [-0.3, -0.25) is 4.79 Å². The third-order valence-electron chi connectivity index (χ3n) is 5.52. The van der Waals surface area contributed by atoms with E-state index < -0.39 is 15.9 Å². The van der Waals surface area contributed by atoms with Gasteiger partial charge in [0.2, 0.25) is 10.0 Å². The summed E-state index contributed by atoms with van der Waals surface area (Å²) in [7, 11) is -0.404. The van der Waals surface area contributed by atoms with E-state index in [0.29, 0.717) is 41.5 Å². The Labute approximate surface area is 210 Å². The Morgan fingerprint density at radius 3 is 2.09 bits per heavy atom. The molecule has 2 aromatic carbocycles. The fourth-order valence-electron chi connectivity index (χ4n) is 3.89. The molecule has 3 rings (SSSR count). The number of hydrogen-bond donors (Lipinski definition) is 0. The van der Waals surface area contributed by atoms with Gasteiger partial charge in [0.15, 0.2) is 4.80 Å². The highest BCUT2D eigenvalue weighted by Gasteiger charge is 2.23. The van der Waals surface area contributed by atoms with Crippen LogP contribution < -0.4 is 14.3 Å². The van der Waals surface area contributed by atoms with Gasteiger partial charge in [0.25, 0.3) is 5.91 Å². The first-order valence-electron chi connectivity index (χ1n) is 11.8. The molecule has 0 bridgehead atoms. The third kappa shape index (κ3) is 5.60. The number of thiazole rings is 1. The van der Waals surface area contributed by atoms with E-state index in [0.717, 1.165) is 29.5 Å². The Kier molecular flexibility index (Phi) is 9.09. The number of aryl methyl sites for hydroxylation is 1. The number of fused-ring (bicyclic) bond motifs is 1. The van der Waals surface area contributed by atoms with Crippen molar-refractivity contribution in [1.29, 1.82) is 0 Å². The van der Waals surface area contributed by atoms with Gasteiger partial charge in [-0.25, -0.2) is 8.42 Å². The first-order valence-corrected chi connectivity index (χ1v) is 14.0. The van der Waals surface area contributed by atoms with Gasteiger partial charge in [0.1, 0.15) is 21.7 Å². The number of nitrogens with zero attached hydrogens (tertiary/aromatic N) is 3. The van der Waals surface area contributed by atoms with Gasteiger partial charge in [-0.15, -0.1) is 0 Å². The van der Waals surface area contributed by atoms with E-state index in [2.05, 4.69) is 4.99 Å². The summed E-state index contributed by atoms with van der Waals surface area (Å²) in [6.45, 7) is 7.52. The van der Waals surface area contributed by atoms with Crippen molar-refractivity contribution in [2.75, 3.05) is 27.3 Å². The highest BCUT2D eigenvalue weighted by molar-refractivity contribution is 7.89. The molecule has 1 aromatic heterocycles. The maximum absolute atomic E-state index is 13.1. The lowest BCUT2D eigenvalue weighted by atomic mass is 10.2. The van der Waals surface area contributed by atoms with Crippen molar-refractivity contribution >= 4 is 37.5 Å². The van der Waals surface area contributed by atoms with E-state index in [1.54, 1.807) is 14.2 Å². The van der Waals surface area contributed by atoms with Crippen LogP contribution in [0.2, 0.25) is 0 Å². The Hall–Kier alpha value is -2.69. The molecule has 3 aromatic rings. The van der Waals surface area contributed by atoms with Crippen molar-refractivity contribution in [2.45, 2.75) is 51.5 Å². The molecule has 1 amide bonds. The molecule has 0 radical (unpaired) electrons. The Morgan fingerprint density at radius 1 is 0.943 bits per heavy atom. The average molecular weight is 520 g/mol. The molecule has 0 atom stereocenters. The molecule has 8 nitrogen and oxygen atoms in total. The minimum Gasteiger partial charge on any atom is -0.495 e. The zero-order chi connectivity index (χ0) is 25.6. The summed E-state index contributed by atoms with van der Waals surface area (Å²) in [5.74, 6) is 0.919. The molecule has 0 aliphatic rings. The number of benzene rings is 2. The lowest BCUT2D eigenvalue weighted by Crippen LogP contribution is -2.32. The monoisotopic (exact) mass is 519 g/mol. The lowest BCUT2D eigenvalue weighted by Gasteiger charge is -2.21. The number of sulfonamides is 1. The van der Waals surface area contributed by atoms with Crippen molar-refractivity contribution in [1.82, 2.24) is 8.87 Å². The summed E-state index contributed by atoms with van der Waals surface area (Å²) < 4.78 is 41.4. The van der Waals surface area contributed by atoms with E-state index in [9.17, 15) is 13.2 Å². The van der Waals surface area contributed by atoms with E-state index in [4.69, 9.17) is 9.47 Å². The summed E-state index contributed by atoms with van der Waals surface area (Å²) in [5.41, 5.74) is 1.15. The number of amides is 1. The van der Waals surface area contributed by atoms with Crippen molar-refractivity contribution < 1.29 is 22.7 Å². The zero-order valence-corrected chi connectivity index (χ0v) is 22.5. The molecule has 0 saturated heterocycles. The molecule has 0 saturated carbocycles. The van der Waals surface area contributed by atoms with Crippen LogP contribution in [-0.2, 0) is 16.6 Å². The predicted molar refractivity (Wildman–Crippen MR) is 139 cm³/mol. The van der Waals surface area contributed by atoms with Crippen LogP contribution in [0.3, 0.4) is 0 Å². The summed E-state index contributed by atoms with van der Waals surface area (Å²) in [6.07, 6.45) is 2.31. The number of rotatable bonds is 11. The predicted octanol–water partition coefficient (Wildman–Crippen LogP) is 4.68. The van der Waals surface area contributed by atoms with Crippen LogP contribution in [0.1, 0.15) is 50.4 Å². The first kappa shape index (κ1) is 26.9. The quantitative estimate of drug-likeness (QED) is 0.367. The molecule has 1 heterocycles. The SMILES string of the molecule is CCCN(CCC)S(=O)(=O)c1ccc(C(=O)N=c2sc3c(OC)ccc(OC)c3n2CCC)cc1. The van der Waals surface area contributed by atoms with E-state index in [1.807, 2.05) is 37.5 Å². The fourth-order valence-corrected chi connectivity index (χ4v) is 6.68. The standard InChI is InChI=1S/C25H33N3O5S2/c1-6-15-27(16-7-2)35(30,31)19-11-9-18(10-12-19)24(29)26-25-28(17-8-3)22-20(32-4)13-14-21(33-5)23(22)34-25/h9-14H,6-8,15-17H2,1-5H3. The molecule has 190 valence electrons. The maximum atomic E-state index is 13.1. The topological polar surface area (TPSA) is 90.2 Å². The highest BCUT2D eigenvalue weighted by Crippen LogP contribution is 2.35. The number of methoxy groups -OCH3 is 2. The highest BCUT2D eigenvalue weighted by atomic mass is 32.2. The smallest absolute Gasteiger partial charge is 0.279 e. The molecule has 0 aliphatic carbocycles. The van der Waals surface area contributed by atoms with Crippen LogP contribution in [-0.4, -0.2) is 50.5 Å². The molecule has 0 unspecified atom stereocenters. The molecule has 10 heteroatoms. The summed E-state index contributed by atoms with van der Waals surface area (Å²) in [4.78, 5) is 18.2. The van der Waals surface area contributed by atoms with Crippen LogP contribution in [0.5, 0.6) is 11.5 Å². The molecule has 0 spiro atoms. The van der Waals surface area contributed by atoms with Crippen molar-refractivity contribution in [3.05, 3.63) is 46.8 Å². The zero-order valence-electron chi connectivity index (χ0n) is 20.9. The summed E-state index contributed by atoms with van der Waals surface area (Å²) in [5, 5.41) is 0. The van der Waals surface area contributed by atoms with Crippen LogP contribution in [0.25, 0.3) is 10.2 Å². The minimum absolute atomic E-state index is 0.174. The van der Waals surface area contributed by atoms with Crippen molar-refractivity contribution in [3.63, 3.8) is 0 Å². The minimum atomic E-state index is -3.61. The molecule has 0 fully saturated rings. The molecular formula is C25H33N3O5S2. The number of hydrogen-bond acceptors (Lipinski definition) is 6. The van der Waals surface area contributed by atoms with Gasteiger partial charge in [0.05, 0.1) is 19.1 Å². The second kappa shape index (κ2) is 11.8. The molecule has 0 aliphatic heterocycles. The van der Waals surface area contributed by atoms with E-state index >= 15 is 0 Å². The van der Waals surface area contributed by atoms with Gasteiger partial charge in [-0.2, -0.15) is 9.30 Å². The van der Waals surface area contributed by atoms with Gasteiger partial charge in [0, 0.05) is 25.2 Å². The number of carbonyl (C=O) groups excluding carboxylic acids is 1. The molecule has 0 N–H and O–H groups in total. The maximum Gasteiger partial charge on any atom is 0.279 e. The van der Waals surface area contributed by atoms with Crippen LogP contribution >= 0.6 is 11.3 Å². The van der Waals surface area contributed by atoms with E-state index in [-0.39, 0.29) is 4.90 Å². The number of ether oxygens (including phenoxy) is 2. The second-order valence-electron chi connectivity index (χ2n) is 8.03. The second-order valence-corrected chi connectivity index (χ2v) is 10.9. The molecule has 35 heavy (non-hydrogen) atoms. The largest absolute Gasteiger partial charge is 0.495 e.